The predicted octanol–water partition coefficient (Wildman–Crippen LogP) is 1.63. The molecule has 0 saturated heterocycles. The number of allylic oxidation sites excluding steroid dienone is 2. The minimum absolute atomic E-state index is 0.169. The fourth-order valence-electron chi connectivity index (χ4n) is 0.221. The molecule has 1 nitrogen and oxygen atoms in total. The van der Waals surface area contributed by atoms with Gasteiger partial charge >= 0.3 is 0 Å². The molecule has 0 bridgehead atoms. The standard InChI is InChI=1S/C5H6ClO/c1-2-3-5(6)4-7/h3H,2H2,1H3/b5-3-. The maximum absolute atomic E-state index is 9.57. The molecule has 0 atom stereocenters. The summed E-state index contributed by atoms with van der Waals surface area (Å²) >= 11 is 5.20. The summed E-state index contributed by atoms with van der Waals surface area (Å²) in [4.78, 5) is 9.57. The lowest BCUT2D eigenvalue weighted by molar-refractivity contribution is 0.563. The van der Waals surface area contributed by atoms with E-state index in [-0.39, 0.29) is 5.03 Å². The van der Waals surface area contributed by atoms with Crippen LogP contribution in [0.3, 0.4) is 0 Å². The Balaban J connectivity index is 3.49. The van der Waals surface area contributed by atoms with Gasteiger partial charge in [-0.1, -0.05) is 24.6 Å². The van der Waals surface area contributed by atoms with Crippen molar-refractivity contribution in [1.82, 2.24) is 0 Å². The molecular formula is C5H6ClO. The van der Waals surface area contributed by atoms with Crippen LogP contribution in [-0.4, -0.2) is 6.29 Å². The Morgan fingerprint density at radius 2 is 2.57 bits per heavy atom. The number of halogens is 1. The van der Waals surface area contributed by atoms with E-state index in [4.69, 9.17) is 11.6 Å². The number of rotatable bonds is 2. The minimum Gasteiger partial charge on any atom is -0.284 e. The van der Waals surface area contributed by atoms with Crippen molar-refractivity contribution in [1.29, 1.82) is 0 Å². The van der Waals surface area contributed by atoms with Crippen LogP contribution in [0.1, 0.15) is 13.3 Å². The molecule has 0 fully saturated rings. The molecule has 39 valence electrons. The van der Waals surface area contributed by atoms with Gasteiger partial charge in [-0.2, -0.15) is 0 Å². The smallest absolute Gasteiger partial charge is 0.245 e. The molecule has 0 N–H and O–H groups in total. The van der Waals surface area contributed by atoms with Crippen LogP contribution < -0.4 is 0 Å². The SMILES string of the molecule is CC/C=C(\Cl)[C]=O. The Hall–Kier alpha value is -0.300. The second-order valence-electron chi connectivity index (χ2n) is 1.06. The normalized spacial score (nSPS) is 11.4. The van der Waals surface area contributed by atoms with Gasteiger partial charge in [0.05, 0.1) is 5.03 Å². The zero-order chi connectivity index (χ0) is 5.70. The molecule has 0 rings (SSSR count). The summed E-state index contributed by atoms with van der Waals surface area (Å²) in [6.07, 6.45) is 3.93. The van der Waals surface area contributed by atoms with E-state index in [1.807, 2.05) is 6.92 Å². The summed E-state index contributed by atoms with van der Waals surface area (Å²) < 4.78 is 0. The van der Waals surface area contributed by atoms with Gasteiger partial charge in [-0.3, -0.25) is 4.79 Å². The van der Waals surface area contributed by atoms with Crippen LogP contribution in [0.15, 0.2) is 11.1 Å². The van der Waals surface area contributed by atoms with E-state index in [9.17, 15) is 4.79 Å². The van der Waals surface area contributed by atoms with E-state index < -0.39 is 0 Å². The zero-order valence-corrected chi connectivity index (χ0v) is 4.83. The van der Waals surface area contributed by atoms with Gasteiger partial charge in [-0.25, -0.2) is 0 Å². The predicted molar refractivity (Wildman–Crippen MR) is 29.9 cm³/mol. The highest BCUT2D eigenvalue weighted by atomic mass is 35.5. The maximum Gasteiger partial charge on any atom is 0.245 e. The lowest BCUT2D eigenvalue weighted by atomic mass is 10.4. The summed E-state index contributed by atoms with van der Waals surface area (Å²) in [6.45, 7) is 1.90. The Morgan fingerprint density at radius 3 is 2.71 bits per heavy atom. The van der Waals surface area contributed by atoms with Gasteiger partial charge in [-0.15, -0.1) is 0 Å². The molecule has 0 aliphatic carbocycles. The fourth-order valence-corrected chi connectivity index (χ4v) is 0.375. The first-order chi connectivity index (χ1) is 3.31. The number of hydrogen-bond acceptors (Lipinski definition) is 1. The second kappa shape index (κ2) is 3.88. The Bertz CT molecular complexity index is 86.1. The third kappa shape index (κ3) is 3.53. The summed E-state index contributed by atoms with van der Waals surface area (Å²) in [6, 6.07) is 0. The molecule has 0 aliphatic rings. The molecule has 0 aromatic rings. The maximum atomic E-state index is 9.57. The topological polar surface area (TPSA) is 17.1 Å². The van der Waals surface area contributed by atoms with Crippen molar-refractivity contribution in [3.05, 3.63) is 11.1 Å². The molecule has 0 aromatic heterocycles. The van der Waals surface area contributed by atoms with Crippen LogP contribution in [0.5, 0.6) is 0 Å². The molecule has 1 radical (unpaired) electrons. The second-order valence-corrected chi connectivity index (χ2v) is 1.47. The van der Waals surface area contributed by atoms with E-state index in [1.54, 1.807) is 12.4 Å². The fraction of sp³-hybridized carbons (Fsp3) is 0.400. The molecule has 0 unspecified atom stereocenters. The van der Waals surface area contributed by atoms with E-state index in [1.165, 1.54) is 0 Å². The van der Waals surface area contributed by atoms with Crippen molar-refractivity contribution in [2.24, 2.45) is 0 Å². The minimum atomic E-state index is 0.169. The third-order valence-corrected chi connectivity index (χ3v) is 0.712. The lowest BCUT2D eigenvalue weighted by Crippen LogP contribution is -1.67. The van der Waals surface area contributed by atoms with Crippen LogP contribution in [0, 0.1) is 0 Å². The van der Waals surface area contributed by atoms with Gasteiger partial charge < -0.3 is 0 Å². The quantitative estimate of drug-likeness (QED) is 0.503. The van der Waals surface area contributed by atoms with Gasteiger partial charge in [0.1, 0.15) is 0 Å². The first-order valence-electron chi connectivity index (χ1n) is 2.05. The van der Waals surface area contributed by atoms with Gasteiger partial charge in [0.25, 0.3) is 0 Å². The van der Waals surface area contributed by atoms with Crippen LogP contribution in [0.4, 0.5) is 0 Å². The van der Waals surface area contributed by atoms with Gasteiger partial charge in [-0.05, 0) is 6.42 Å². The average molecular weight is 118 g/mol. The molecule has 0 aliphatic heterocycles. The van der Waals surface area contributed by atoms with Crippen LogP contribution in [0.2, 0.25) is 0 Å². The first-order valence-corrected chi connectivity index (χ1v) is 2.43. The Kier molecular flexibility index (Phi) is 3.71. The lowest BCUT2D eigenvalue weighted by Gasteiger charge is -1.75. The summed E-state index contributed by atoms with van der Waals surface area (Å²) in [5, 5.41) is 0.169. The molecule has 0 amide bonds. The molecule has 2 heteroatoms. The van der Waals surface area contributed by atoms with Gasteiger partial charge in [0.15, 0.2) is 0 Å². The highest BCUT2D eigenvalue weighted by molar-refractivity contribution is 6.38. The van der Waals surface area contributed by atoms with Crippen molar-refractivity contribution in [3.8, 4) is 0 Å². The summed E-state index contributed by atoms with van der Waals surface area (Å²) in [5.41, 5.74) is 0. The monoisotopic (exact) mass is 117 g/mol. The van der Waals surface area contributed by atoms with Crippen molar-refractivity contribution < 1.29 is 4.79 Å². The Labute approximate surface area is 48.0 Å². The van der Waals surface area contributed by atoms with Crippen molar-refractivity contribution in [2.75, 3.05) is 0 Å². The summed E-state index contributed by atoms with van der Waals surface area (Å²) in [5.74, 6) is 0. The summed E-state index contributed by atoms with van der Waals surface area (Å²) in [7, 11) is 0. The van der Waals surface area contributed by atoms with Crippen molar-refractivity contribution >= 4 is 17.9 Å². The van der Waals surface area contributed by atoms with Crippen LogP contribution in [0.25, 0.3) is 0 Å². The molecule has 0 aromatic carbocycles. The highest BCUT2D eigenvalue weighted by Gasteiger charge is 1.82. The number of carbonyl (C=O) groups excluding carboxylic acids is 1. The zero-order valence-electron chi connectivity index (χ0n) is 4.07. The molecular weight excluding hydrogens is 112 g/mol. The van der Waals surface area contributed by atoms with Gasteiger partial charge in [0, 0.05) is 0 Å². The van der Waals surface area contributed by atoms with Gasteiger partial charge in [0.2, 0.25) is 6.29 Å². The molecule has 0 saturated carbocycles. The largest absolute Gasteiger partial charge is 0.284 e. The van der Waals surface area contributed by atoms with E-state index in [0.29, 0.717) is 0 Å². The number of hydrogen-bond donors (Lipinski definition) is 0. The Morgan fingerprint density at radius 1 is 2.00 bits per heavy atom. The van der Waals surface area contributed by atoms with Crippen LogP contribution >= 0.6 is 11.6 Å². The van der Waals surface area contributed by atoms with E-state index in [0.717, 1.165) is 6.42 Å². The first kappa shape index (κ1) is 6.70. The van der Waals surface area contributed by atoms with Crippen molar-refractivity contribution in [2.45, 2.75) is 13.3 Å². The average Bonchev–Trinajstić information content (AvgIpc) is 1.68. The van der Waals surface area contributed by atoms with Crippen LogP contribution in [-0.2, 0) is 4.79 Å². The molecule has 0 heterocycles. The third-order valence-electron chi connectivity index (χ3n) is 0.481. The highest BCUT2D eigenvalue weighted by Crippen LogP contribution is 1.95. The molecule has 0 spiro atoms. The van der Waals surface area contributed by atoms with E-state index in [2.05, 4.69) is 0 Å². The van der Waals surface area contributed by atoms with Crippen molar-refractivity contribution in [3.63, 3.8) is 0 Å². The molecule has 7 heavy (non-hydrogen) atoms. The van der Waals surface area contributed by atoms with E-state index >= 15 is 0 Å².